The summed E-state index contributed by atoms with van der Waals surface area (Å²) in [5, 5.41) is 3.64. The fraction of sp³-hybridized carbons (Fsp3) is 0.538. The van der Waals surface area contributed by atoms with Gasteiger partial charge in [-0.25, -0.2) is 0 Å². The van der Waals surface area contributed by atoms with Gasteiger partial charge in [-0.3, -0.25) is 0 Å². The highest BCUT2D eigenvalue weighted by Gasteiger charge is 2.39. The molecule has 0 saturated carbocycles. The molecule has 1 N–H and O–H groups in total. The third-order valence-electron chi connectivity index (χ3n) is 3.70. The Labute approximate surface area is 90.6 Å². The van der Waals surface area contributed by atoms with Gasteiger partial charge in [-0.15, -0.1) is 0 Å². The summed E-state index contributed by atoms with van der Waals surface area (Å²) in [4.78, 5) is 0. The maximum Gasteiger partial charge on any atom is 0.0893 e. The summed E-state index contributed by atoms with van der Waals surface area (Å²) in [6, 6.07) is 9.14. The number of hydrogen-bond donors (Lipinski definition) is 1. The summed E-state index contributed by atoms with van der Waals surface area (Å²) >= 11 is 0. The first kappa shape index (κ1) is 9.22. The van der Waals surface area contributed by atoms with Gasteiger partial charge in [0.25, 0.3) is 0 Å². The van der Waals surface area contributed by atoms with E-state index in [2.05, 4.69) is 36.5 Å². The molecule has 2 aliphatic rings. The molecule has 0 radical (unpaired) electrons. The molecule has 15 heavy (non-hydrogen) atoms. The summed E-state index contributed by atoms with van der Waals surface area (Å²) in [5.41, 5.74) is 2.62. The molecule has 3 unspecified atom stereocenters. The van der Waals surface area contributed by atoms with Gasteiger partial charge in [0.1, 0.15) is 0 Å². The predicted octanol–water partition coefficient (Wildman–Crippen LogP) is 2.97. The zero-order valence-electron chi connectivity index (χ0n) is 9.07. The molecule has 1 saturated heterocycles. The third kappa shape index (κ3) is 1.36. The van der Waals surface area contributed by atoms with Crippen LogP contribution in [-0.4, -0.2) is 12.6 Å². The van der Waals surface area contributed by atoms with E-state index in [4.69, 9.17) is 4.74 Å². The minimum Gasteiger partial charge on any atom is -0.382 e. The number of nitrogens with one attached hydrogen (secondary N) is 1. The standard InChI is InChI=1S/C13H17NO/c1-2-11-10-7-8-15-13(10)9-5-3-4-6-12(9)14-11/h3-6,10-11,13-14H,2,7-8H2,1H3. The van der Waals surface area contributed by atoms with Crippen LogP contribution < -0.4 is 5.32 Å². The van der Waals surface area contributed by atoms with Crippen LogP contribution in [0.2, 0.25) is 0 Å². The Bertz CT molecular complexity index is 363. The van der Waals surface area contributed by atoms with Gasteiger partial charge in [-0.05, 0) is 18.9 Å². The first-order valence-corrected chi connectivity index (χ1v) is 5.87. The molecule has 0 spiro atoms. The van der Waals surface area contributed by atoms with E-state index in [-0.39, 0.29) is 0 Å². The lowest BCUT2D eigenvalue weighted by Gasteiger charge is -2.35. The normalized spacial score (nSPS) is 33.0. The number of para-hydroxylation sites is 1. The largest absolute Gasteiger partial charge is 0.382 e. The third-order valence-corrected chi connectivity index (χ3v) is 3.70. The molecule has 2 nitrogen and oxygen atoms in total. The Kier molecular flexibility index (Phi) is 2.17. The molecule has 2 heterocycles. The zero-order chi connectivity index (χ0) is 10.3. The number of fused-ring (bicyclic) bond motifs is 3. The van der Waals surface area contributed by atoms with E-state index < -0.39 is 0 Å². The van der Waals surface area contributed by atoms with Gasteiger partial charge in [0.05, 0.1) is 6.10 Å². The molecule has 2 aliphatic heterocycles. The maximum absolute atomic E-state index is 5.88. The molecule has 0 bridgehead atoms. The molecule has 80 valence electrons. The Morgan fingerprint density at radius 2 is 2.27 bits per heavy atom. The number of hydrogen-bond acceptors (Lipinski definition) is 2. The molecule has 3 rings (SSSR count). The van der Waals surface area contributed by atoms with Crippen molar-refractivity contribution in [1.82, 2.24) is 0 Å². The van der Waals surface area contributed by atoms with Crippen molar-refractivity contribution in [3.8, 4) is 0 Å². The second-order valence-electron chi connectivity index (χ2n) is 4.49. The quantitative estimate of drug-likeness (QED) is 0.757. The average molecular weight is 203 g/mol. The molecule has 2 heteroatoms. The minimum atomic E-state index is 0.340. The topological polar surface area (TPSA) is 21.3 Å². The first-order chi connectivity index (χ1) is 7.40. The van der Waals surface area contributed by atoms with E-state index in [1.54, 1.807) is 0 Å². The number of ether oxygens (including phenoxy) is 1. The molecule has 0 aromatic heterocycles. The van der Waals surface area contributed by atoms with Crippen molar-refractivity contribution >= 4 is 5.69 Å². The summed E-state index contributed by atoms with van der Waals surface area (Å²) in [6.45, 7) is 3.17. The van der Waals surface area contributed by atoms with Crippen molar-refractivity contribution in [2.45, 2.75) is 31.9 Å². The van der Waals surface area contributed by atoms with Gasteiger partial charge in [0.15, 0.2) is 0 Å². The fourth-order valence-electron chi connectivity index (χ4n) is 2.93. The van der Waals surface area contributed by atoms with Crippen LogP contribution in [0.5, 0.6) is 0 Å². The Morgan fingerprint density at radius 3 is 3.13 bits per heavy atom. The molecular formula is C13H17NO. The molecule has 0 aliphatic carbocycles. The lowest BCUT2D eigenvalue weighted by atomic mass is 9.83. The van der Waals surface area contributed by atoms with Crippen LogP contribution in [0.15, 0.2) is 24.3 Å². The van der Waals surface area contributed by atoms with E-state index in [1.807, 2.05) is 0 Å². The lowest BCUT2D eigenvalue weighted by molar-refractivity contribution is 0.0826. The van der Waals surface area contributed by atoms with Gasteiger partial charge < -0.3 is 10.1 Å². The average Bonchev–Trinajstić information content (AvgIpc) is 2.77. The number of rotatable bonds is 1. The van der Waals surface area contributed by atoms with Crippen LogP contribution in [-0.2, 0) is 4.74 Å². The van der Waals surface area contributed by atoms with E-state index in [1.165, 1.54) is 24.1 Å². The van der Waals surface area contributed by atoms with Crippen LogP contribution in [0.1, 0.15) is 31.4 Å². The second kappa shape index (κ2) is 3.53. The zero-order valence-corrected chi connectivity index (χ0v) is 9.07. The van der Waals surface area contributed by atoms with Crippen LogP contribution in [0.25, 0.3) is 0 Å². The van der Waals surface area contributed by atoms with E-state index in [0.717, 1.165) is 6.61 Å². The predicted molar refractivity (Wildman–Crippen MR) is 60.9 cm³/mol. The van der Waals surface area contributed by atoms with Crippen molar-refractivity contribution in [2.24, 2.45) is 5.92 Å². The van der Waals surface area contributed by atoms with Gasteiger partial charge in [0, 0.05) is 29.8 Å². The molecular weight excluding hydrogens is 186 g/mol. The minimum absolute atomic E-state index is 0.340. The van der Waals surface area contributed by atoms with Crippen molar-refractivity contribution in [3.05, 3.63) is 29.8 Å². The van der Waals surface area contributed by atoms with Crippen molar-refractivity contribution in [1.29, 1.82) is 0 Å². The molecule has 1 aromatic rings. The van der Waals surface area contributed by atoms with Crippen molar-refractivity contribution < 1.29 is 4.74 Å². The number of benzene rings is 1. The van der Waals surface area contributed by atoms with Crippen LogP contribution in [0.4, 0.5) is 5.69 Å². The van der Waals surface area contributed by atoms with E-state index in [9.17, 15) is 0 Å². The second-order valence-corrected chi connectivity index (χ2v) is 4.49. The molecule has 0 amide bonds. The van der Waals surface area contributed by atoms with Gasteiger partial charge in [0.2, 0.25) is 0 Å². The van der Waals surface area contributed by atoms with Crippen LogP contribution >= 0.6 is 0 Å². The Morgan fingerprint density at radius 1 is 1.40 bits per heavy atom. The van der Waals surface area contributed by atoms with E-state index >= 15 is 0 Å². The van der Waals surface area contributed by atoms with Crippen molar-refractivity contribution in [2.75, 3.05) is 11.9 Å². The Balaban J connectivity index is 2.03. The van der Waals surface area contributed by atoms with Crippen LogP contribution in [0.3, 0.4) is 0 Å². The molecule has 3 atom stereocenters. The monoisotopic (exact) mass is 203 g/mol. The molecule has 1 fully saturated rings. The molecule has 1 aromatic carbocycles. The fourth-order valence-corrected chi connectivity index (χ4v) is 2.93. The maximum atomic E-state index is 5.88. The number of anilines is 1. The van der Waals surface area contributed by atoms with E-state index in [0.29, 0.717) is 18.1 Å². The Hall–Kier alpha value is -1.02. The first-order valence-electron chi connectivity index (χ1n) is 5.87. The van der Waals surface area contributed by atoms with Crippen molar-refractivity contribution in [3.63, 3.8) is 0 Å². The van der Waals surface area contributed by atoms with Gasteiger partial charge in [-0.1, -0.05) is 25.1 Å². The highest BCUT2D eigenvalue weighted by Crippen LogP contribution is 2.44. The summed E-state index contributed by atoms with van der Waals surface area (Å²) in [7, 11) is 0. The lowest BCUT2D eigenvalue weighted by Crippen LogP contribution is -2.35. The smallest absolute Gasteiger partial charge is 0.0893 e. The van der Waals surface area contributed by atoms with Gasteiger partial charge >= 0.3 is 0 Å². The highest BCUT2D eigenvalue weighted by molar-refractivity contribution is 5.55. The van der Waals surface area contributed by atoms with Crippen LogP contribution in [0, 0.1) is 5.92 Å². The summed E-state index contributed by atoms with van der Waals surface area (Å²) in [6.07, 6.45) is 2.72. The summed E-state index contributed by atoms with van der Waals surface area (Å²) < 4.78 is 5.88. The summed E-state index contributed by atoms with van der Waals surface area (Å²) in [5.74, 6) is 0.671. The highest BCUT2D eigenvalue weighted by atomic mass is 16.5. The SMILES string of the molecule is CCC1Nc2ccccc2C2OCCC12. The van der Waals surface area contributed by atoms with Gasteiger partial charge in [-0.2, -0.15) is 0 Å².